The molecule has 1 N–H and O–H groups in total. The fourth-order valence-electron chi connectivity index (χ4n) is 2.54. The van der Waals surface area contributed by atoms with Gasteiger partial charge in [0.2, 0.25) is 5.91 Å². The minimum atomic E-state index is -0.509. The van der Waals surface area contributed by atoms with Gasteiger partial charge in [0, 0.05) is 28.4 Å². The average Bonchev–Trinajstić information content (AvgIpc) is 2.93. The number of rotatable bonds is 4. The summed E-state index contributed by atoms with van der Waals surface area (Å²) in [5.74, 6) is -0.238. The number of hydrogen-bond donors (Lipinski definition) is 1. The van der Waals surface area contributed by atoms with Crippen molar-refractivity contribution in [2.45, 2.75) is 31.0 Å². The second-order valence-corrected chi connectivity index (χ2v) is 7.34. The van der Waals surface area contributed by atoms with Crippen molar-refractivity contribution in [3.63, 3.8) is 0 Å². The number of nitrogens with one attached hydrogen (secondary N) is 1. The van der Waals surface area contributed by atoms with Crippen LogP contribution in [0.3, 0.4) is 0 Å². The molecule has 1 unspecified atom stereocenters. The van der Waals surface area contributed by atoms with Crippen molar-refractivity contribution in [1.82, 2.24) is 9.55 Å². The summed E-state index contributed by atoms with van der Waals surface area (Å²) >= 11 is 4.64. The van der Waals surface area contributed by atoms with E-state index in [2.05, 4.69) is 26.2 Å². The van der Waals surface area contributed by atoms with Gasteiger partial charge < -0.3 is 5.32 Å². The molecule has 1 aromatic heterocycles. The predicted molar refractivity (Wildman–Crippen MR) is 95.0 cm³/mol. The van der Waals surface area contributed by atoms with E-state index in [9.17, 15) is 14.0 Å². The topological polar surface area (TPSA) is 64.0 Å². The molecule has 0 saturated heterocycles. The third-order valence-electron chi connectivity index (χ3n) is 3.73. The summed E-state index contributed by atoms with van der Waals surface area (Å²) in [7, 11) is 0. The highest BCUT2D eigenvalue weighted by Gasteiger charge is 2.27. The Morgan fingerprint density at radius 2 is 2.29 bits per heavy atom. The van der Waals surface area contributed by atoms with E-state index in [1.54, 1.807) is 10.6 Å². The Kier molecular flexibility index (Phi) is 5.05. The van der Waals surface area contributed by atoms with Crippen molar-refractivity contribution >= 4 is 39.3 Å². The molecule has 2 aromatic rings. The Morgan fingerprint density at radius 3 is 3.00 bits per heavy atom. The molecule has 1 aliphatic heterocycles. The Labute approximate surface area is 150 Å². The molecule has 24 heavy (non-hydrogen) atoms. The summed E-state index contributed by atoms with van der Waals surface area (Å²) in [5, 5.41) is 3.20. The summed E-state index contributed by atoms with van der Waals surface area (Å²) in [6.45, 7) is 1.94. The second kappa shape index (κ2) is 7.06. The smallest absolute Gasteiger partial charge is 0.254 e. The standard InChI is InChI=1S/C16H15BrFN3O2S/c1-2-10-6-15(23)21-11(8-24-16(21)19-10)7-14(22)20-13-4-3-9(17)5-12(13)18/h3-6,11H,2,7-8H2,1H3,(H,20,22). The lowest BCUT2D eigenvalue weighted by atomic mass is 10.2. The molecule has 3 rings (SSSR count). The number of fused-ring (bicyclic) bond motifs is 1. The van der Waals surface area contributed by atoms with Gasteiger partial charge in [-0.2, -0.15) is 0 Å². The van der Waals surface area contributed by atoms with Crippen LogP contribution in [0.4, 0.5) is 10.1 Å². The maximum atomic E-state index is 13.8. The van der Waals surface area contributed by atoms with Crippen LogP contribution in [0, 0.1) is 5.82 Å². The molecule has 8 heteroatoms. The lowest BCUT2D eigenvalue weighted by molar-refractivity contribution is -0.116. The summed E-state index contributed by atoms with van der Waals surface area (Å²) in [4.78, 5) is 28.9. The number of carbonyl (C=O) groups excluding carboxylic acids is 1. The van der Waals surface area contributed by atoms with E-state index in [0.29, 0.717) is 21.8 Å². The van der Waals surface area contributed by atoms with E-state index in [-0.39, 0.29) is 29.6 Å². The molecule has 5 nitrogen and oxygen atoms in total. The monoisotopic (exact) mass is 411 g/mol. The maximum absolute atomic E-state index is 13.8. The molecular weight excluding hydrogens is 397 g/mol. The first-order valence-corrected chi connectivity index (χ1v) is 9.26. The van der Waals surface area contributed by atoms with Crippen LogP contribution >= 0.6 is 27.7 Å². The van der Waals surface area contributed by atoms with Gasteiger partial charge in [0.15, 0.2) is 5.16 Å². The Bertz CT molecular complexity index is 856. The van der Waals surface area contributed by atoms with Gasteiger partial charge in [0.1, 0.15) is 5.82 Å². The number of amides is 1. The maximum Gasteiger partial charge on any atom is 0.254 e. The number of benzene rings is 1. The van der Waals surface area contributed by atoms with E-state index >= 15 is 0 Å². The first-order chi connectivity index (χ1) is 11.5. The summed E-state index contributed by atoms with van der Waals surface area (Å²) in [6.07, 6.45) is 0.792. The van der Waals surface area contributed by atoms with Gasteiger partial charge >= 0.3 is 0 Å². The fourth-order valence-corrected chi connectivity index (χ4v) is 4.04. The summed E-state index contributed by atoms with van der Waals surface area (Å²) < 4.78 is 16.0. The predicted octanol–water partition coefficient (Wildman–Crippen LogP) is 3.38. The Balaban J connectivity index is 1.74. The van der Waals surface area contributed by atoms with Crippen molar-refractivity contribution in [1.29, 1.82) is 0 Å². The number of aryl methyl sites for hydroxylation is 1. The SMILES string of the molecule is CCc1cc(=O)n2c(n1)SCC2CC(=O)Nc1ccc(Br)cc1F. The van der Waals surface area contributed by atoms with Crippen molar-refractivity contribution in [3.8, 4) is 0 Å². The Hall–Kier alpha value is -1.67. The van der Waals surface area contributed by atoms with Crippen LogP contribution in [0.25, 0.3) is 0 Å². The molecule has 2 heterocycles. The lowest BCUT2D eigenvalue weighted by Crippen LogP contribution is -2.27. The number of anilines is 1. The van der Waals surface area contributed by atoms with Crippen molar-refractivity contribution in [3.05, 3.63) is 50.6 Å². The van der Waals surface area contributed by atoms with Crippen molar-refractivity contribution < 1.29 is 9.18 Å². The molecule has 0 bridgehead atoms. The summed E-state index contributed by atoms with van der Waals surface area (Å²) in [6, 6.07) is 5.68. The third-order valence-corrected chi connectivity index (χ3v) is 5.32. The largest absolute Gasteiger partial charge is 0.324 e. The number of thioether (sulfide) groups is 1. The van der Waals surface area contributed by atoms with Crippen LogP contribution in [0.1, 0.15) is 25.1 Å². The first-order valence-electron chi connectivity index (χ1n) is 7.48. The molecule has 0 aliphatic carbocycles. The molecular formula is C16H15BrFN3O2S. The van der Waals surface area contributed by atoms with Crippen LogP contribution < -0.4 is 10.9 Å². The van der Waals surface area contributed by atoms with Gasteiger partial charge in [0.25, 0.3) is 5.56 Å². The molecule has 1 aromatic carbocycles. The number of halogens is 2. The normalized spacial score (nSPS) is 16.0. The number of hydrogen-bond acceptors (Lipinski definition) is 4. The molecule has 1 atom stereocenters. The van der Waals surface area contributed by atoms with Gasteiger partial charge in [-0.05, 0) is 24.6 Å². The zero-order valence-electron chi connectivity index (χ0n) is 12.9. The Morgan fingerprint density at radius 1 is 1.50 bits per heavy atom. The van der Waals surface area contributed by atoms with Crippen LogP contribution in [-0.2, 0) is 11.2 Å². The minimum absolute atomic E-state index is 0.0998. The molecule has 0 spiro atoms. The zero-order valence-corrected chi connectivity index (χ0v) is 15.3. The highest BCUT2D eigenvalue weighted by molar-refractivity contribution is 9.10. The van der Waals surface area contributed by atoms with Crippen LogP contribution in [0.15, 0.2) is 38.7 Å². The van der Waals surface area contributed by atoms with Crippen LogP contribution in [0.5, 0.6) is 0 Å². The molecule has 1 aliphatic rings. The van der Waals surface area contributed by atoms with E-state index in [1.165, 1.54) is 30.0 Å². The van der Waals surface area contributed by atoms with Gasteiger partial charge in [-0.25, -0.2) is 9.37 Å². The summed E-state index contributed by atoms with van der Waals surface area (Å²) in [5.41, 5.74) is 0.733. The molecule has 1 amide bonds. The number of carbonyl (C=O) groups is 1. The minimum Gasteiger partial charge on any atom is -0.324 e. The number of aromatic nitrogens is 2. The van der Waals surface area contributed by atoms with Crippen LogP contribution in [0.2, 0.25) is 0 Å². The molecule has 0 fully saturated rings. The van der Waals surface area contributed by atoms with Gasteiger partial charge in [-0.15, -0.1) is 0 Å². The first kappa shape index (κ1) is 17.2. The fraction of sp³-hybridized carbons (Fsp3) is 0.312. The van der Waals surface area contributed by atoms with Crippen molar-refractivity contribution in [2.75, 3.05) is 11.1 Å². The van der Waals surface area contributed by atoms with E-state index in [4.69, 9.17) is 0 Å². The average molecular weight is 412 g/mol. The van der Waals surface area contributed by atoms with E-state index in [0.717, 1.165) is 5.69 Å². The molecule has 0 radical (unpaired) electrons. The zero-order chi connectivity index (χ0) is 17.3. The second-order valence-electron chi connectivity index (χ2n) is 5.43. The van der Waals surface area contributed by atoms with Gasteiger partial charge in [-0.1, -0.05) is 34.6 Å². The van der Waals surface area contributed by atoms with Gasteiger partial charge in [-0.3, -0.25) is 14.2 Å². The lowest BCUT2D eigenvalue weighted by Gasteiger charge is -2.14. The van der Waals surface area contributed by atoms with Gasteiger partial charge in [0.05, 0.1) is 11.7 Å². The van der Waals surface area contributed by atoms with E-state index in [1.807, 2.05) is 6.92 Å². The highest BCUT2D eigenvalue weighted by atomic mass is 79.9. The van der Waals surface area contributed by atoms with E-state index < -0.39 is 5.82 Å². The number of nitrogens with zero attached hydrogens (tertiary/aromatic N) is 2. The molecule has 126 valence electrons. The third kappa shape index (κ3) is 3.54. The van der Waals surface area contributed by atoms with Crippen molar-refractivity contribution in [2.24, 2.45) is 0 Å². The molecule has 0 saturated carbocycles. The highest BCUT2D eigenvalue weighted by Crippen LogP contribution is 2.32. The quantitative estimate of drug-likeness (QED) is 0.783. The van der Waals surface area contributed by atoms with Crippen LogP contribution in [-0.4, -0.2) is 21.2 Å².